The first kappa shape index (κ1) is 28.7. The number of alkyl halides is 3. The Morgan fingerprint density at radius 2 is 1.83 bits per heavy atom. The number of hydrogen-bond acceptors (Lipinski definition) is 7. The minimum atomic E-state index is -2.98. The minimum absolute atomic E-state index is 0.0445. The second-order valence-corrected chi connectivity index (χ2v) is 10.1. The van der Waals surface area contributed by atoms with Crippen molar-refractivity contribution < 1.29 is 18.0 Å². The van der Waals surface area contributed by atoms with Gasteiger partial charge >= 0.3 is 0 Å². The van der Waals surface area contributed by atoms with E-state index in [-0.39, 0.29) is 28.8 Å². The molecule has 1 atom stereocenters. The van der Waals surface area contributed by atoms with Crippen molar-refractivity contribution in [2.24, 2.45) is 0 Å². The molecule has 5 aromatic rings. The van der Waals surface area contributed by atoms with E-state index in [1.807, 2.05) is 13.8 Å². The van der Waals surface area contributed by atoms with Gasteiger partial charge in [-0.15, -0.1) is 0 Å². The summed E-state index contributed by atoms with van der Waals surface area (Å²) >= 11 is 5.92. The molecule has 0 saturated carbocycles. The number of fused-ring (bicyclic) bond motifs is 1. The molecule has 5 rings (SSSR count). The Kier molecular flexibility index (Phi) is 7.94. The lowest BCUT2D eigenvalue weighted by atomic mass is 10.1. The van der Waals surface area contributed by atoms with Gasteiger partial charge in [-0.1, -0.05) is 37.6 Å². The zero-order chi connectivity index (χ0) is 30.1. The number of benzene rings is 1. The highest BCUT2D eigenvalue weighted by Crippen LogP contribution is 2.36. The number of amides is 1. The molecule has 1 unspecified atom stereocenters. The fraction of sp³-hybridized carbons (Fsp3) is 0.214. The normalized spacial score (nSPS) is 12.3. The highest BCUT2D eigenvalue weighted by Gasteiger charge is 2.27. The number of nitrogens with one attached hydrogen (secondary N) is 1. The molecule has 0 aliphatic carbocycles. The summed E-state index contributed by atoms with van der Waals surface area (Å²) < 4.78 is 42.8. The monoisotopic (exact) mass is 596 g/mol. The number of halogens is 4. The largest absolute Gasteiger partial charge is 0.383 e. The standard InChI is InChI=1S/C28H24ClF3N8O2/c1-14(2)20-9-18(28(42)40(38-20)22-8-5-16(29)11-34-22)27(41)37-17-6-3-15(4-7-17)19-12-39(21(10-30)24(31)32)26-23(19)25(33)35-13-36-26/h3-9,11-14,21,24H,10H2,1-2H3,(H,37,41)(H2,33,35,36). The molecule has 0 saturated heterocycles. The van der Waals surface area contributed by atoms with Crippen LogP contribution in [0.25, 0.3) is 28.0 Å². The molecule has 0 aliphatic heterocycles. The second kappa shape index (κ2) is 11.6. The molecule has 0 radical (unpaired) electrons. The van der Waals surface area contributed by atoms with Crippen molar-refractivity contribution in [3.8, 4) is 16.9 Å². The fourth-order valence-corrected chi connectivity index (χ4v) is 4.49. The summed E-state index contributed by atoms with van der Waals surface area (Å²) in [5.41, 5.74) is 7.09. The average molecular weight is 597 g/mol. The summed E-state index contributed by atoms with van der Waals surface area (Å²) in [6, 6.07) is 9.14. The Hall–Kier alpha value is -4.78. The Labute approximate surface area is 242 Å². The van der Waals surface area contributed by atoms with Gasteiger partial charge in [-0.3, -0.25) is 9.59 Å². The summed E-state index contributed by atoms with van der Waals surface area (Å²) in [7, 11) is 0. The van der Waals surface area contributed by atoms with Crippen LogP contribution in [-0.2, 0) is 0 Å². The van der Waals surface area contributed by atoms with E-state index < -0.39 is 30.6 Å². The van der Waals surface area contributed by atoms with Crippen molar-refractivity contribution in [3.63, 3.8) is 0 Å². The molecule has 14 heteroatoms. The van der Waals surface area contributed by atoms with Crippen LogP contribution in [0.4, 0.5) is 24.7 Å². The lowest BCUT2D eigenvalue weighted by Gasteiger charge is -2.14. The molecule has 1 aromatic carbocycles. The van der Waals surface area contributed by atoms with Crippen molar-refractivity contribution in [1.29, 1.82) is 0 Å². The van der Waals surface area contributed by atoms with Crippen LogP contribution in [0.15, 0.2) is 66.0 Å². The fourth-order valence-electron chi connectivity index (χ4n) is 4.38. The van der Waals surface area contributed by atoms with Crippen LogP contribution in [0, 0.1) is 0 Å². The maximum absolute atomic E-state index is 13.6. The molecule has 0 bridgehead atoms. The third-order valence-corrected chi connectivity index (χ3v) is 6.82. The number of aromatic nitrogens is 6. The Morgan fingerprint density at radius 1 is 1.10 bits per heavy atom. The number of nitrogen functional groups attached to an aromatic ring is 1. The maximum atomic E-state index is 13.6. The average Bonchev–Trinajstić information content (AvgIpc) is 3.34. The van der Waals surface area contributed by atoms with Crippen molar-refractivity contribution in [1.82, 2.24) is 29.3 Å². The molecule has 42 heavy (non-hydrogen) atoms. The SMILES string of the molecule is CC(C)c1cc(C(=O)Nc2ccc(-c3cn(C(CF)C(F)F)c4ncnc(N)c34)cc2)c(=O)n(-c2ccc(Cl)cn2)n1. The van der Waals surface area contributed by atoms with Gasteiger partial charge in [0.05, 0.1) is 16.1 Å². The van der Waals surface area contributed by atoms with E-state index in [1.165, 1.54) is 24.5 Å². The predicted molar refractivity (Wildman–Crippen MR) is 153 cm³/mol. The van der Waals surface area contributed by atoms with Crippen molar-refractivity contribution in [2.45, 2.75) is 32.2 Å². The van der Waals surface area contributed by atoms with Gasteiger partial charge in [0, 0.05) is 23.6 Å². The van der Waals surface area contributed by atoms with E-state index >= 15 is 0 Å². The number of carbonyl (C=O) groups excluding carboxylic acids is 1. The second-order valence-electron chi connectivity index (χ2n) is 9.68. The molecule has 4 aromatic heterocycles. The van der Waals surface area contributed by atoms with Gasteiger partial charge in [0.25, 0.3) is 17.9 Å². The summed E-state index contributed by atoms with van der Waals surface area (Å²) in [6.07, 6.45) is 0.878. The number of nitrogens with two attached hydrogens (primary N) is 1. The summed E-state index contributed by atoms with van der Waals surface area (Å²) in [5, 5.41) is 7.73. The Morgan fingerprint density at radius 3 is 2.45 bits per heavy atom. The van der Waals surface area contributed by atoms with E-state index in [2.05, 4.69) is 25.4 Å². The van der Waals surface area contributed by atoms with Gasteiger partial charge in [0.1, 0.15) is 36.1 Å². The number of pyridine rings is 1. The van der Waals surface area contributed by atoms with E-state index in [4.69, 9.17) is 17.3 Å². The zero-order valence-corrected chi connectivity index (χ0v) is 23.1. The van der Waals surface area contributed by atoms with Crippen LogP contribution in [0.3, 0.4) is 0 Å². The molecule has 3 N–H and O–H groups in total. The van der Waals surface area contributed by atoms with Crippen LogP contribution in [0.2, 0.25) is 5.02 Å². The Bertz CT molecular complexity index is 1820. The number of rotatable bonds is 8. The van der Waals surface area contributed by atoms with E-state index in [0.29, 0.717) is 32.9 Å². The van der Waals surface area contributed by atoms with Gasteiger partial charge in [-0.05, 0) is 41.8 Å². The molecule has 4 heterocycles. The van der Waals surface area contributed by atoms with Gasteiger partial charge in [0.15, 0.2) is 5.82 Å². The first-order valence-corrected chi connectivity index (χ1v) is 13.1. The third kappa shape index (κ3) is 5.42. The molecular formula is C28H24ClF3N8O2. The number of carbonyl (C=O) groups is 1. The van der Waals surface area contributed by atoms with Crippen molar-refractivity contribution in [3.05, 3.63) is 87.8 Å². The summed E-state index contributed by atoms with van der Waals surface area (Å²) in [4.78, 5) is 38.7. The van der Waals surface area contributed by atoms with E-state index in [1.54, 1.807) is 30.3 Å². The summed E-state index contributed by atoms with van der Waals surface area (Å²) in [5.74, 6) is -0.523. The molecule has 216 valence electrons. The topological polar surface area (TPSA) is 134 Å². The van der Waals surface area contributed by atoms with Crippen LogP contribution < -0.4 is 16.6 Å². The molecule has 1 amide bonds. The number of nitrogens with zero attached hydrogens (tertiary/aromatic N) is 6. The quantitative estimate of drug-likeness (QED) is 0.244. The molecule has 10 nitrogen and oxygen atoms in total. The van der Waals surface area contributed by atoms with Crippen molar-refractivity contribution in [2.75, 3.05) is 17.7 Å². The number of hydrogen-bond donors (Lipinski definition) is 2. The molecular weight excluding hydrogens is 573 g/mol. The highest BCUT2D eigenvalue weighted by molar-refractivity contribution is 6.30. The molecule has 0 fully saturated rings. The maximum Gasteiger partial charge on any atom is 0.285 e. The predicted octanol–water partition coefficient (Wildman–Crippen LogP) is 5.43. The summed E-state index contributed by atoms with van der Waals surface area (Å²) in [6.45, 7) is 2.44. The van der Waals surface area contributed by atoms with E-state index in [9.17, 15) is 22.8 Å². The van der Waals surface area contributed by atoms with Crippen molar-refractivity contribution >= 4 is 40.0 Å². The van der Waals surface area contributed by atoms with Crippen LogP contribution >= 0.6 is 11.6 Å². The smallest absolute Gasteiger partial charge is 0.285 e. The lowest BCUT2D eigenvalue weighted by molar-refractivity contribution is 0.0705. The third-order valence-electron chi connectivity index (χ3n) is 6.59. The minimum Gasteiger partial charge on any atom is -0.383 e. The first-order chi connectivity index (χ1) is 20.1. The number of anilines is 2. The van der Waals surface area contributed by atoms with Crippen LogP contribution in [-0.4, -0.2) is 48.3 Å². The zero-order valence-electron chi connectivity index (χ0n) is 22.3. The highest BCUT2D eigenvalue weighted by atomic mass is 35.5. The van der Waals surface area contributed by atoms with Gasteiger partial charge in [-0.2, -0.15) is 9.78 Å². The van der Waals surface area contributed by atoms with Crippen LogP contribution in [0.1, 0.15) is 41.9 Å². The van der Waals surface area contributed by atoms with Gasteiger partial charge in [-0.25, -0.2) is 28.1 Å². The van der Waals surface area contributed by atoms with Crippen LogP contribution in [0.5, 0.6) is 0 Å². The van der Waals surface area contributed by atoms with E-state index in [0.717, 1.165) is 15.6 Å². The molecule has 0 spiro atoms. The lowest BCUT2D eigenvalue weighted by Crippen LogP contribution is -2.31. The van der Waals surface area contributed by atoms with Gasteiger partial charge < -0.3 is 15.6 Å². The van der Waals surface area contributed by atoms with Gasteiger partial charge in [0.2, 0.25) is 0 Å². The first-order valence-electron chi connectivity index (χ1n) is 12.7. The molecule has 0 aliphatic rings. The Balaban J connectivity index is 1.48.